The maximum atomic E-state index is 9.83. The predicted molar refractivity (Wildman–Crippen MR) is 70.2 cm³/mol. The van der Waals surface area contributed by atoms with Gasteiger partial charge in [-0.25, -0.2) is 0 Å². The first-order valence-electron chi connectivity index (χ1n) is 6.31. The molecule has 8 heteroatoms. The van der Waals surface area contributed by atoms with Gasteiger partial charge in [-0.05, 0) is 29.8 Å². The Balaban J connectivity index is 2.07. The average Bonchev–Trinajstić information content (AvgIpc) is 2.50. The molecule has 0 spiro atoms. The van der Waals surface area contributed by atoms with Crippen LogP contribution in [0.25, 0.3) is 0 Å². The van der Waals surface area contributed by atoms with Crippen LogP contribution >= 0.6 is 0 Å². The predicted octanol–water partition coefficient (Wildman–Crippen LogP) is -1.33. The van der Waals surface area contributed by atoms with Gasteiger partial charge in [-0.15, -0.1) is 0 Å². The molecular formula is C13H17NO7. The molecule has 1 aromatic carbocycles. The number of hydrogen-bond acceptors (Lipinski definition) is 8. The van der Waals surface area contributed by atoms with Crippen LogP contribution < -0.4 is 4.74 Å². The summed E-state index contributed by atoms with van der Waals surface area (Å²) in [7, 11) is 0. The van der Waals surface area contributed by atoms with Crippen molar-refractivity contribution >= 4 is 6.21 Å². The zero-order valence-corrected chi connectivity index (χ0v) is 11.0. The van der Waals surface area contributed by atoms with Crippen molar-refractivity contribution in [1.82, 2.24) is 0 Å². The molecule has 1 fully saturated rings. The number of rotatable bonds is 4. The van der Waals surface area contributed by atoms with Gasteiger partial charge in [-0.2, -0.15) is 0 Å². The third-order valence-electron chi connectivity index (χ3n) is 3.19. The molecule has 116 valence electrons. The summed E-state index contributed by atoms with van der Waals surface area (Å²) in [5.74, 6) is 0.342. The average molecular weight is 299 g/mol. The highest BCUT2D eigenvalue weighted by Gasteiger charge is 2.44. The number of benzene rings is 1. The first kappa shape index (κ1) is 15.7. The number of aliphatic hydroxyl groups excluding tert-OH is 4. The monoisotopic (exact) mass is 299 g/mol. The highest BCUT2D eigenvalue weighted by atomic mass is 16.7. The van der Waals surface area contributed by atoms with Crippen LogP contribution in [0.5, 0.6) is 5.75 Å². The number of nitrogens with zero attached hydrogens (tertiary/aromatic N) is 1. The summed E-state index contributed by atoms with van der Waals surface area (Å²) in [6.45, 7) is -0.517. The molecule has 1 aliphatic heterocycles. The Morgan fingerprint density at radius 2 is 1.76 bits per heavy atom. The van der Waals surface area contributed by atoms with Crippen molar-refractivity contribution in [3.05, 3.63) is 29.8 Å². The van der Waals surface area contributed by atoms with Crippen LogP contribution in [0.4, 0.5) is 0 Å². The lowest BCUT2D eigenvalue weighted by Crippen LogP contribution is -2.60. The molecule has 0 aromatic heterocycles. The normalized spacial score (nSPS) is 33.2. The molecule has 1 heterocycles. The molecule has 0 unspecified atom stereocenters. The molecular weight excluding hydrogens is 282 g/mol. The van der Waals surface area contributed by atoms with Crippen molar-refractivity contribution in [2.75, 3.05) is 6.61 Å². The number of ether oxygens (including phenoxy) is 2. The van der Waals surface area contributed by atoms with Crippen LogP contribution in [-0.2, 0) is 4.74 Å². The van der Waals surface area contributed by atoms with Gasteiger partial charge in [0.15, 0.2) is 0 Å². The zero-order valence-electron chi connectivity index (χ0n) is 11.0. The van der Waals surface area contributed by atoms with Crippen molar-refractivity contribution in [2.45, 2.75) is 30.7 Å². The van der Waals surface area contributed by atoms with E-state index in [0.717, 1.165) is 0 Å². The third kappa shape index (κ3) is 3.49. The van der Waals surface area contributed by atoms with E-state index in [0.29, 0.717) is 11.3 Å². The quantitative estimate of drug-likeness (QED) is 0.264. The van der Waals surface area contributed by atoms with Crippen molar-refractivity contribution in [2.24, 2.45) is 5.16 Å². The fourth-order valence-electron chi connectivity index (χ4n) is 2.00. The lowest BCUT2D eigenvalue weighted by molar-refractivity contribution is -0.277. The van der Waals surface area contributed by atoms with Crippen molar-refractivity contribution in [3.8, 4) is 5.75 Å². The molecule has 21 heavy (non-hydrogen) atoms. The Morgan fingerprint density at radius 3 is 2.33 bits per heavy atom. The van der Waals surface area contributed by atoms with Crippen LogP contribution in [-0.4, -0.2) is 69.2 Å². The van der Waals surface area contributed by atoms with Crippen LogP contribution in [0.15, 0.2) is 29.4 Å². The molecule has 5 N–H and O–H groups in total. The summed E-state index contributed by atoms with van der Waals surface area (Å²) in [6.07, 6.45) is -5.37. The van der Waals surface area contributed by atoms with Crippen molar-refractivity contribution in [1.29, 1.82) is 0 Å². The second kappa shape index (κ2) is 6.83. The van der Waals surface area contributed by atoms with E-state index in [-0.39, 0.29) is 0 Å². The SMILES string of the molecule is OC[C@H]1O[C@@H](Oc2ccc(/C=N/O)cc2)[C@H](O)[C@@H](O)[C@@H]1O. The highest BCUT2D eigenvalue weighted by Crippen LogP contribution is 2.24. The van der Waals surface area contributed by atoms with Crippen LogP contribution in [0.1, 0.15) is 5.56 Å². The molecule has 0 saturated carbocycles. The van der Waals surface area contributed by atoms with Gasteiger partial charge in [-0.1, -0.05) is 5.16 Å². The topological polar surface area (TPSA) is 132 Å². The standard InChI is InChI=1S/C13H17NO7/c15-6-9-10(16)11(17)12(18)13(21-9)20-8-3-1-7(2-4-8)5-14-19/h1-5,9-13,15-19H,6H2/b14-5+/t9-,10-,11+,12-,13-/m1/s1. The largest absolute Gasteiger partial charge is 0.462 e. The van der Waals surface area contributed by atoms with Gasteiger partial charge in [-0.3, -0.25) is 0 Å². The highest BCUT2D eigenvalue weighted by molar-refractivity contribution is 5.79. The summed E-state index contributed by atoms with van der Waals surface area (Å²) < 4.78 is 10.6. The van der Waals surface area contributed by atoms with E-state index >= 15 is 0 Å². The lowest BCUT2D eigenvalue weighted by atomic mass is 9.99. The van der Waals surface area contributed by atoms with Crippen LogP contribution in [0.2, 0.25) is 0 Å². The van der Waals surface area contributed by atoms with Gasteiger partial charge in [0, 0.05) is 0 Å². The maximum absolute atomic E-state index is 9.83. The minimum atomic E-state index is -1.48. The van der Waals surface area contributed by atoms with Gasteiger partial charge in [0.1, 0.15) is 30.2 Å². The van der Waals surface area contributed by atoms with E-state index in [4.69, 9.17) is 19.8 Å². The number of aliphatic hydroxyl groups is 4. The smallest absolute Gasteiger partial charge is 0.229 e. The van der Waals surface area contributed by atoms with E-state index < -0.39 is 37.3 Å². The zero-order chi connectivity index (χ0) is 15.4. The van der Waals surface area contributed by atoms with Gasteiger partial charge in [0.05, 0.1) is 12.8 Å². The Bertz CT molecular complexity index is 476. The Labute approximate surface area is 120 Å². The van der Waals surface area contributed by atoms with Crippen molar-refractivity contribution < 1.29 is 35.1 Å². The van der Waals surface area contributed by atoms with Crippen LogP contribution in [0, 0.1) is 0 Å². The molecule has 0 bridgehead atoms. The first-order valence-corrected chi connectivity index (χ1v) is 6.31. The first-order chi connectivity index (χ1) is 10.1. The number of hydrogen-bond donors (Lipinski definition) is 5. The summed E-state index contributed by atoms with van der Waals surface area (Å²) in [4.78, 5) is 0. The molecule has 0 amide bonds. The van der Waals surface area contributed by atoms with E-state index in [1.807, 2.05) is 0 Å². The second-order valence-electron chi connectivity index (χ2n) is 4.63. The summed E-state index contributed by atoms with van der Waals surface area (Å²) >= 11 is 0. The molecule has 8 nitrogen and oxygen atoms in total. The molecule has 0 radical (unpaired) electrons. The molecule has 1 aromatic rings. The fraction of sp³-hybridized carbons (Fsp3) is 0.462. The lowest BCUT2D eigenvalue weighted by Gasteiger charge is -2.39. The van der Waals surface area contributed by atoms with E-state index in [1.54, 1.807) is 24.3 Å². The minimum Gasteiger partial charge on any atom is -0.462 e. The van der Waals surface area contributed by atoms with E-state index in [1.165, 1.54) is 6.21 Å². The van der Waals surface area contributed by atoms with Crippen molar-refractivity contribution in [3.63, 3.8) is 0 Å². The fourth-order valence-corrected chi connectivity index (χ4v) is 2.00. The Kier molecular flexibility index (Phi) is 5.10. The minimum absolute atomic E-state index is 0.342. The Hall–Kier alpha value is -1.71. The molecule has 5 atom stereocenters. The molecule has 2 rings (SSSR count). The van der Waals surface area contributed by atoms with Crippen LogP contribution in [0.3, 0.4) is 0 Å². The molecule has 1 aliphatic rings. The van der Waals surface area contributed by atoms with Gasteiger partial charge >= 0.3 is 0 Å². The summed E-state index contributed by atoms with van der Waals surface area (Å²) in [5, 5.41) is 49.5. The molecule has 1 saturated heterocycles. The Morgan fingerprint density at radius 1 is 1.10 bits per heavy atom. The second-order valence-corrected chi connectivity index (χ2v) is 4.63. The van der Waals surface area contributed by atoms with Gasteiger partial charge in [0.25, 0.3) is 0 Å². The van der Waals surface area contributed by atoms with Gasteiger partial charge in [0.2, 0.25) is 6.29 Å². The third-order valence-corrected chi connectivity index (χ3v) is 3.19. The number of oxime groups is 1. The van der Waals surface area contributed by atoms with Gasteiger partial charge < -0.3 is 35.1 Å². The summed E-state index contributed by atoms with van der Waals surface area (Å²) in [6, 6.07) is 6.33. The van der Waals surface area contributed by atoms with E-state index in [9.17, 15) is 15.3 Å². The summed E-state index contributed by atoms with van der Waals surface area (Å²) in [5.41, 5.74) is 0.638. The molecule has 0 aliphatic carbocycles. The maximum Gasteiger partial charge on any atom is 0.229 e. The van der Waals surface area contributed by atoms with E-state index in [2.05, 4.69) is 5.16 Å².